The second-order valence-corrected chi connectivity index (χ2v) is 1.07. The summed E-state index contributed by atoms with van der Waals surface area (Å²) in [4.78, 5) is 3.64. The van der Waals surface area contributed by atoms with Crippen LogP contribution in [0.15, 0.2) is 4.99 Å². The predicted molar refractivity (Wildman–Crippen MR) is 20.8 cm³/mol. The summed E-state index contributed by atoms with van der Waals surface area (Å²) in [6.07, 6.45) is 0. The van der Waals surface area contributed by atoms with Crippen molar-refractivity contribution < 1.29 is 0 Å². The quantitative estimate of drug-likeness (QED) is 0.411. The lowest BCUT2D eigenvalue weighted by atomic mass is 10.5. The van der Waals surface area contributed by atoms with Crippen molar-refractivity contribution in [2.45, 2.75) is 6.04 Å². The minimum absolute atomic E-state index is 0.120. The molecule has 0 amide bonds. The number of amidine groups is 1. The van der Waals surface area contributed by atoms with Gasteiger partial charge >= 0.3 is 0 Å². The molecular weight excluding hydrogens is 64.0 g/mol. The van der Waals surface area contributed by atoms with Gasteiger partial charge in [-0.15, -0.1) is 0 Å². The van der Waals surface area contributed by atoms with E-state index in [1.54, 1.807) is 0 Å². The van der Waals surface area contributed by atoms with Crippen LogP contribution >= 0.6 is 0 Å². The number of rotatable bonds is 0. The summed E-state index contributed by atoms with van der Waals surface area (Å²) in [5.74, 6) is 0.685. The van der Waals surface area contributed by atoms with E-state index in [0.717, 1.165) is 0 Å². The summed E-state index contributed by atoms with van der Waals surface area (Å²) in [7, 11) is 0. The molecule has 5 heavy (non-hydrogen) atoms. The molecule has 0 aromatic rings. The van der Waals surface area contributed by atoms with Crippen molar-refractivity contribution in [2.75, 3.05) is 0 Å². The van der Waals surface area contributed by atoms with Crippen LogP contribution in [0.4, 0.5) is 0 Å². The molecule has 0 saturated carbocycles. The van der Waals surface area contributed by atoms with Gasteiger partial charge in [-0.25, -0.2) is 0 Å². The Balaban J connectivity index is 2.38. The van der Waals surface area contributed by atoms with Gasteiger partial charge in [0.1, 0.15) is 11.9 Å². The molecule has 2 heteroatoms. The molecule has 0 aromatic heterocycles. The van der Waals surface area contributed by atoms with Gasteiger partial charge in [0.25, 0.3) is 0 Å². The smallest absolute Gasteiger partial charge is 0.120 e. The summed E-state index contributed by atoms with van der Waals surface area (Å²) in [6.45, 7) is 3.50. The molecular formula is C3H5N2. The number of nitrogens with two attached hydrogens (primary N) is 1. The molecule has 2 nitrogen and oxygen atoms in total. The maximum absolute atomic E-state index is 5.05. The fourth-order valence-electron chi connectivity index (χ4n) is 0.143. The van der Waals surface area contributed by atoms with Gasteiger partial charge in [-0.05, 0) is 6.92 Å². The second kappa shape index (κ2) is 0.506. The molecule has 0 spiro atoms. The number of nitrogens with zero attached hydrogens (tertiary/aromatic N) is 1. The number of aliphatic imine (C=N–C) groups is 1. The first-order valence-electron chi connectivity index (χ1n) is 1.47. The topological polar surface area (TPSA) is 38.4 Å². The fourth-order valence-corrected chi connectivity index (χ4v) is 0.143. The Morgan fingerprint density at radius 1 is 2.00 bits per heavy atom. The third-order valence-corrected chi connectivity index (χ3v) is 0.579. The van der Waals surface area contributed by atoms with Crippen LogP contribution in [0, 0.1) is 6.92 Å². The fraction of sp³-hybridized carbons (Fsp3) is 0.333. The zero-order valence-corrected chi connectivity index (χ0v) is 2.81. The van der Waals surface area contributed by atoms with Crippen LogP contribution in [-0.4, -0.2) is 11.9 Å². The number of hydrogen-bond acceptors (Lipinski definition) is 2. The Bertz CT molecular complexity index is 75.0. The summed E-state index contributed by atoms with van der Waals surface area (Å²) in [5.41, 5.74) is 5.05. The van der Waals surface area contributed by atoms with Gasteiger partial charge in [0.15, 0.2) is 0 Å². The minimum atomic E-state index is 0.120. The van der Waals surface area contributed by atoms with Gasteiger partial charge in [0, 0.05) is 0 Å². The van der Waals surface area contributed by atoms with Crippen LogP contribution < -0.4 is 5.73 Å². The first-order valence-corrected chi connectivity index (χ1v) is 1.47. The van der Waals surface area contributed by atoms with Crippen LogP contribution in [0.1, 0.15) is 0 Å². The highest BCUT2D eigenvalue weighted by Crippen LogP contribution is 2.01. The molecule has 0 aromatic carbocycles. The first-order chi connectivity index (χ1) is 2.30. The second-order valence-electron chi connectivity index (χ2n) is 1.07. The van der Waals surface area contributed by atoms with Gasteiger partial charge in [-0.2, -0.15) is 0 Å². The third kappa shape index (κ3) is 0.251. The average Bonchev–Trinajstić information content (AvgIpc) is 1.79. The average molecular weight is 69.1 g/mol. The van der Waals surface area contributed by atoms with E-state index in [1.807, 2.05) is 0 Å². The molecule has 1 radical (unpaired) electrons. The summed E-state index contributed by atoms with van der Waals surface area (Å²) in [5, 5.41) is 0. The Morgan fingerprint density at radius 3 is 2.20 bits per heavy atom. The van der Waals surface area contributed by atoms with Gasteiger partial charge in [-0.3, -0.25) is 4.99 Å². The molecule has 0 bridgehead atoms. The van der Waals surface area contributed by atoms with E-state index in [-0.39, 0.29) is 6.04 Å². The Kier molecular flexibility index (Phi) is 0.272. The Hall–Kier alpha value is -0.530. The van der Waals surface area contributed by atoms with E-state index in [4.69, 9.17) is 5.73 Å². The molecule has 1 unspecified atom stereocenters. The standard InChI is InChI=1S/C3H5N2/c1-2-3(4)5-2/h2H,1H2,(H2,4,5). The molecule has 1 heterocycles. The van der Waals surface area contributed by atoms with Crippen molar-refractivity contribution in [1.82, 2.24) is 0 Å². The van der Waals surface area contributed by atoms with Crippen molar-refractivity contribution in [3.8, 4) is 0 Å². The van der Waals surface area contributed by atoms with Crippen molar-refractivity contribution in [3.63, 3.8) is 0 Å². The highest BCUT2D eigenvalue weighted by Gasteiger charge is 2.15. The van der Waals surface area contributed by atoms with Crippen molar-refractivity contribution >= 4 is 5.84 Å². The zero-order chi connectivity index (χ0) is 3.86. The van der Waals surface area contributed by atoms with Crippen LogP contribution in [0.2, 0.25) is 0 Å². The summed E-state index contributed by atoms with van der Waals surface area (Å²) in [6, 6.07) is 0.120. The van der Waals surface area contributed by atoms with Gasteiger partial charge < -0.3 is 5.73 Å². The minimum Gasteiger partial charge on any atom is -0.386 e. The molecule has 0 saturated heterocycles. The normalized spacial score (nSPS) is 33.0. The van der Waals surface area contributed by atoms with Crippen molar-refractivity contribution in [3.05, 3.63) is 6.92 Å². The lowest BCUT2D eigenvalue weighted by molar-refractivity contribution is 1.28. The lowest BCUT2D eigenvalue weighted by Gasteiger charge is -1.64. The first kappa shape index (κ1) is 2.69. The lowest BCUT2D eigenvalue weighted by Crippen LogP contribution is -2.02. The van der Waals surface area contributed by atoms with Crippen LogP contribution in [0.25, 0.3) is 0 Å². The monoisotopic (exact) mass is 69.0 g/mol. The predicted octanol–water partition coefficient (Wildman–Crippen LogP) is -0.440. The highest BCUT2D eigenvalue weighted by molar-refractivity contribution is 5.97. The zero-order valence-electron chi connectivity index (χ0n) is 2.81. The highest BCUT2D eigenvalue weighted by atomic mass is 15.1. The summed E-state index contributed by atoms with van der Waals surface area (Å²) < 4.78 is 0. The molecule has 0 fully saturated rings. The molecule has 27 valence electrons. The summed E-state index contributed by atoms with van der Waals surface area (Å²) >= 11 is 0. The third-order valence-electron chi connectivity index (χ3n) is 0.579. The van der Waals surface area contributed by atoms with Gasteiger partial charge in [0.05, 0.1) is 0 Å². The molecule has 1 atom stereocenters. The molecule has 1 aliphatic rings. The van der Waals surface area contributed by atoms with E-state index in [0.29, 0.717) is 5.84 Å². The molecule has 1 aliphatic heterocycles. The van der Waals surface area contributed by atoms with Crippen molar-refractivity contribution in [2.24, 2.45) is 10.7 Å². The maximum Gasteiger partial charge on any atom is 0.120 e. The van der Waals surface area contributed by atoms with Gasteiger partial charge in [0.2, 0.25) is 0 Å². The van der Waals surface area contributed by atoms with Gasteiger partial charge in [-0.1, -0.05) is 0 Å². The molecule has 1 rings (SSSR count). The van der Waals surface area contributed by atoms with E-state index in [2.05, 4.69) is 11.9 Å². The van der Waals surface area contributed by atoms with E-state index in [1.165, 1.54) is 0 Å². The SMILES string of the molecule is [CH2]C1N=C1N. The van der Waals surface area contributed by atoms with Crippen molar-refractivity contribution in [1.29, 1.82) is 0 Å². The molecule has 0 aliphatic carbocycles. The molecule has 2 N–H and O–H groups in total. The van der Waals surface area contributed by atoms with Crippen LogP contribution in [0.3, 0.4) is 0 Å². The Labute approximate surface area is 30.7 Å². The number of hydrogen-bond donors (Lipinski definition) is 1. The van der Waals surface area contributed by atoms with Crippen LogP contribution in [-0.2, 0) is 0 Å². The van der Waals surface area contributed by atoms with E-state index in [9.17, 15) is 0 Å². The van der Waals surface area contributed by atoms with Crippen LogP contribution in [0.5, 0.6) is 0 Å². The van der Waals surface area contributed by atoms with E-state index < -0.39 is 0 Å². The largest absolute Gasteiger partial charge is 0.386 e. The maximum atomic E-state index is 5.05. The van der Waals surface area contributed by atoms with E-state index >= 15 is 0 Å². The Morgan fingerprint density at radius 2 is 2.20 bits per heavy atom.